The summed E-state index contributed by atoms with van der Waals surface area (Å²) < 4.78 is 5.20. The van der Waals surface area contributed by atoms with Gasteiger partial charge in [0.25, 0.3) is 5.91 Å². The molecule has 0 saturated carbocycles. The molecule has 0 bridgehead atoms. The van der Waals surface area contributed by atoms with Crippen LogP contribution in [0.5, 0.6) is 0 Å². The molecule has 1 aromatic rings. The van der Waals surface area contributed by atoms with Crippen LogP contribution in [-0.4, -0.2) is 46.8 Å². The number of nitrogens with one attached hydrogen (secondary N) is 1. The molecule has 0 spiro atoms. The highest BCUT2D eigenvalue weighted by molar-refractivity contribution is 5.97. The summed E-state index contributed by atoms with van der Waals surface area (Å²) in [4.78, 5) is 13.9. The second kappa shape index (κ2) is 5.71. The summed E-state index contributed by atoms with van der Waals surface area (Å²) in [6.45, 7) is 3.09. The average Bonchev–Trinajstić information content (AvgIpc) is 2.80. The summed E-state index contributed by atoms with van der Waals surface area (Å²) in [5.74, 6) is -0.250. The van der Waals surface area contributed by atoms with Crippen LogP contribution in [0.3, 0.4) is 0 Å². The fourth-order valence-electron chi connectivity index (χ4n) is 2.05. The van der Waals surface area contributed by atoms with Gasteiger partial charge in [0.05, 0.1) is 30.6 Å². The number of aromatic nitrogens is 2. The van der Waals surface area contributed by atoms with Crippen molar-refractivity contribution in [2.75, 3.05) is 25.4 Å². The first-order chi connectivity index (χ1) is 9.17. The van der Waals surface area contributed by atoms with Crippen molar-refractivity contribution < 1.29 is 9.53 Å². The Morgan fingerprint density at radius 1 is 1.74 bits per heavy atom. The van der Waals surface area contributed by atoms with Crippen LogP contribution in [0, 0.1) is 11.3 Å². The van der Waals surface area contributed by atoms with Gasteiger partial charge in [0.2, 0.25) is 0 Å². The second-order valence-electron chi connectivity index (χ2n) is 4.45. The van der Waals surface area contributed by atoms with Crippen LogP contribution >= 0.6 is 0 Å². The van der Waals surface area contributed by atoms with Gasteiger partial charge in [-0.3, -0.25) is 9.89 Å². The molecule has 1 unspecified atom stereocenters. The average molecular weight is 263 g/mol. The second-order valence-corrected chi connectivity index (χ2v) is 4.45. The molecular formula is C12H17N5O2. The molecule has 2 heterocycles. The van der Waals surface area contributed by atoms with E-state index in [1.165, 1.54) is 0 Å². The number of anilines is 1. The van der Waals surface area contributed by atoms with Crippen molar-refractivity contribution in [1.29, 1.82) is 5.26 Å². The molecule has 1 saturated heterocycles. The van der Waals surface area contributed by atoms with Gasteiger partial charge in [-0.25, -0.2) is 0 Å². The van der Waals surface area contributed by atoms with E-state index in [9.17, 15) is 4.79 Å². The number of rotatable bonds is 3. The number of nitriles is 1. The molecule has 102 valence electrons. The highest BCUT2D eigenvalue weighted by Crippen LogP contribution is 2.18. The van der Waals surface area contributed by atoms with E-state index in [1.54, 1.807) is 4.90 Å². The van der Waals surface area contributed by atoms with Crippen molar-refractivity contribution in [2.24, 2.45) is 0 Å². The standard InChI is InChI=1S/C12H17N5O2/c1-2-3-9-10(14)11(16-15-9)12(18)17-4-5-19-8(6-13)7-17/h8H,2-5,7,14H2,1H3,(H,15,16). The third-order valence-corrected chi connectivity index (χ3v) is 3.08. The minimum absolute atomic E-state index is 0.238. The van der Waals surface area contributed by atoms with E-state index < -0.39 is 6.10 Å². The minimum atomic E-state index is -0.576. The summed E-state index contributed by atoms with van der Waals surface area (Å²) in [5, 5.41) is 15.6. The maximum absolute atomic E-state index is 12.3. The van der Waals surface area contributed by atoms with Crippen molar-refractivity contribution in [3.05, 3.63) is 11.4 Å². The third-order valence-electron chi connectivity index (χ3n) is 3.08. The zero-order chi connectivity index (χ0) is 13.8. The maximum atomic E-state index is 12.3. The van der Waals surface area contributed by atoms with Gasteiger partial charge < -0.3 is 15.4 Å². The summed E-state index contributed by atoms with van der Waals surface area (Å²) in [7, 11) is 0. The number of ether oxygens (including phenoxy) is 1. The van der Waals surface area contributed by atoms with Gasteiger partial charge >= 0.3 is 0 Å². The number of H-pyrrole nitrogens is 1. The van der Waals surface area contributed by atoms with E-state index in [4.69, 9.17) is 15.7 Å². The van der Waals surface area contributed by atoms with E-state index >= 15 is 0 Å². The largest absolute Gasteiger partial charge is 0.395 e. The van der Waals surface area contributed by atoms with E-state index in [1.807, 2.05) is 13.0 Å². The lowest BCUT2D eigenvalue weighted by atomic mass is 10.2. The van der Waals surface area contributed by atoms with Crippen molar-refractivity contribution >= 4 is 11.6 Å². The smallest absolute Gasteiger partial charge is 0.276 e. The zero-order valence-corrected chi connectivity index (χ0v) is 10.8. The Bertz CT molecular complexity index is 505. The molecule has 1 aliphatic heterocycles. The topological polar surface area (TPSA) is 108 Å². The van der Waals surface area contributed by atoms with Gasteiger partial charge in [-0.2, -0.15) is 10.4 Å². The number of carbonyl (C=O) groups excluding carboxylic acids is 1. The lowest BCUT2D eigenvalue weighted by Crippen LogP contribution is -2.45. The van der Waals surface area contributed by atoms with Crippen LogP contribution in [-0.2, 0) is 11.2 Å². The Hall–Kier alpha value is -2.07. The number of nitrogen functional groups attached to an aromatic ring is 1. The first-order valence-corrected chi connectivity index (χ1v) is 6.30. The zero-order valence-electron chi connectivity index (χ0n) is 10.8. The van der Waals surface area contributed by atoms with Crippen LogP contribution < -0.4 is 5.73 Å². The Morgan fingerprint density at radius 2 is 2.53 bits per heavy atom. The molecule has 0 radical (unpaired) electrons. The molecule has 0 aromatic carbocycles. The van der Waals surface area contributed by atoms with Gasteiger partial charge in [-0.1, -0.05) is 13.3 Å². The minimum Gasteiger partial charge on any atom is -0.395 e. The number of amides is 1. The van der Waals surface area contributed by atoms with E-state index in [0.29, 0.717) is 18.8 Å². The molecule has 1 aliphatic rings. The number of nitrogens with two attached hydrogens (primary N) is 1. The Morgan fingerprint density at radius 3 is 3.21 bits per heavy atom. The summed E-state index contributed by atoms with van der Waals surface area (Å²) in [5.41, 5.74) is 7.36. The molecule has 1 aromatic heterocycles. The molecule has 2 rings (SSSR count). The first kappa shape index (κ1) is 13.4. The van der Waals surface area contributed by atoms with Crippen LogP contribution in [0.2, 0.25) is 0 Å². The summed E-state index contributed by atoms with van der Waals surface area (Å²) >= 11 is 0. The molecule has 0 aliphatic carbocycles. The fraction of sp³-hybridized carbons (Fsp3) is 0.583. The maximum Gasteiger partial charge on any atom is 0.276 e. The SMILES string of the molecule is CCCc1[nH]nc(C(=O)N2CCOC(C#N)C2)c1N. The van der Waals surface area contributed by atoms with Crippen molar-refractivity contribution in [2.45, 2.75) is 25.9 Å². The van der Waals surface area contributed by atoms with E-state index in [2.05, 4.69) is 10.2 Å². The van der Waals surface area contributed by atoms with E-state index in [0.717, 1.165) is 18.5 Å². The summed E-state index contributed by atoms with van der Waals surface area (Å²) in [6, 6.07) is 2.00. The predicted octanol–water partition coefficient (Wildman–Crippen LogP) is 0.309. The number of hydrogen-bond acceptors (Lipinski definition) is 5. The number of carbonyl (C=O) groups is 1. The molecule has 1 fully saturated rings. The lowest BCUT2D eigenvalue weighted by Gasteiger charge is -2.29. The highest BCUT2D eigenvalue weighted by Gasteiger charge is 2.28. The monoisotopic (exact) mass is 263 g/mol. The van der Waals surface area contributed by atoms with Gasteiger partial charge in [-0.15, -0.1) is 0 Å². The molecule has 1 atom stereocenters. The molecular weight excluding hydrogens is 246 g/mol. The predicted molar refractivity (Wildman–Crippen MR) is 68.3 cm³/mol. The third kappa shape index (κ3) is 2.69. The summed E-state index contributed by atoms with van der Waals surface area (Å²) in [6.07, 6.45) is 1.11. The van der Waals surface area contributed by atoms with Gasteiger partial charge in [0, 0.05) is 6.54 Å². The van der Waals surface area contributed by atoms with Gasteiger partial charge in [0.15, 0.2) is 11.8 Å². The molecule has 19 heavy (non-hydrogen) atoms. The lowest BCUT2D eigenvalue weighted by molar-refractivity contribution is 0.00324. The Balaban J connectivity index is 2.13. The number of aryl methyl sites for hydroxylation is 1. The molecule has 7 nitrogen and oxygen atoms in total. The highest BCUT2D eigenvalue weighted by atomic mass is 16.5. The first-order valence-electron chi connectivity index (χ1n) is 6.30. The van der Waals surface area contributed by atoms with Crippen LogP contribution in [0.25, 0.3) is 0 Å². The molecule has 7 heteroatoms. The molecule has 3 N–H and O–H groups in total. The van der Waals surface area contributed by atoms with Crippen LogP contribution in [0.15, 0.2) is 0 Å². The number of hydrogen-bond donors (Lipinski definition) is 2. The molecule has 1 amide bonds. The normalized spacial score (nSPS) is 19.2. The van der Waals surface area contributed by atoms with Gasteiger partial charge in [-0.05, 0) is 6.42 Å². The van der Waals surface area contributed by atoms with Crippen LogP contribution in [0.1, 0.15) is 29.5 Å². The number of nitrogens with zero attached hydrogens (tertiary/aromatic N) is 3. The quantitative estimate of drug-likeness (QED) is 0.815. The Kier molecular flexibility index (Phi) is 4.02. The fourth-order valence-corrected chi connectivity index (χ4v) is 2.05. The van der Waals surface area contributed by atoms with Crippen LogP contribution in [0.4, 0.5) is 5.69 Å². The van der Waals surface area contributed by atoms with E-state index in [-0.39, 0.29) is 18.1 Å². The Labute approximate surface area is 111 Å². The number of aromatic amines is 1. The van der Waals surface area contributed by atoms with Gasteiger partial charge in [0.1, 0.15) is 0 Å². The van der Waals surface area contributed by atoms with Crippen molar-refractivity contribution in [3.8, 4) is 6.07 Å². The van der Waals surface area contributed by atoms with Crippen molar-refractivity contribution in [3.63, 3.8) is 0 Å². The van der Waals surface area contributed by atoms with Crippen molar-refractivity contribution in [1.82, 2.24) is 15.1 Å². The number of morpholine rings is 1.